The normalized spacial score (nSPS) is 13.2. The minimum atomic E-state index is -1.08. The van der Waals surface area contributed by atoms with E-state index in [1.54, 1.807) is 27.7 Å². The number of ether oxygens (including phenoxy) is 1. The number of rotatable bonds is 3. The lowest BCUT2D eigenvalue weighted by Gasteiger charge is -2.22. The van der Waals surface area contributed by atoms with Crippen molar-refractivity contribution in [1.82, 2.24) is 9.78 Å². The summed E-state index contributed by atoms with van der Waals surface area (Å²) in [4.78, 5) is 22.4. The highest BCUT2D eigenvalue weighted by Crippen LogP contribution is 2.14. The molecule has 1 rings (SSSR count). The largest absolute Gasteiger partial charge is 0.478 e. The van der Waals surface area contributed by atoms with Crippen molar-refractivity contribution in [3.63, 3.8) is 0 Å². The standard InChI is InChI=1S/C11H16N2O4/c1-7(10(16)17-11(2,3)4)13-6-8(5-12-13)9(14)15/h5-7H,1-4H3,(H,14,15). The van der Waals surface area contributed by atoms with Crippen LogP contribution >= 0.6 is 0 Å². The molecule has 0 aliphatic heterocycles. The van der Waals surface area contributed by atoms with E-state index in [1.165, 1.54) is 17.1 Å². The SMILES string of the molecule is CC(C(=O)OC(C)(C)C)n1cc(C(=O)O)cn1. The van der Waals surface area contributed by atoms with Crippen molar-refractivity contribution in [3.8, 4) is 0 Å². The van der Waals surface area contributed by atoms with Crippen LogP contribution in [0.4, 0.5) is 0 Å². The Morgan fingerprint density at radius 3 is 2.47 bits per heavy atom. The lowest BCUT2D eigenvalue weighted by molar-refractivity contribution is -0.158. The van der Waals surface area contributed by atoms with Crippen LogP contribution in [0.5, 0.6) is 0 Å². The molecule has 1 unspecified atom stereocenters. The number of aromatic nitrogens is 2. The van der Waals surface area contributed by atoms with Gasteiger partial charge in [-0.3, -0.25) is 4.68 Å². The van der Waals surface area contributed by atoms with Gasteiger partial charge in [0.25, 0.3) is 0 Å². The highest BCUT2D eigenvalue weighted by Gasteiger charge is 2.23. The first-order valence-electron chi connectivity index (χ1n) is 5.21. The Labute approximate surface area is 99.2 Å². The molecule has 0 aliphatic carbocycles. The second kappa shape index (κ2) is 4.57. The molecule has 0 aromatic carbocycles. The van der Waals surface area contributed by atoms with E-state index in [4.69, 9.17) is 9.84 Å². The van der Waals surface area contributed by atoms with Crippen molar-refractivity contribution < 1.29 is 19.4 Å². The predicted octanol–water partition coefficient (Wildman–Crippen LogP) is 1.48. The summed E-state index contributed by atoms with van der Waals surface area (Å²) >= 11 is 0. The number of hydrogen-bond acceptors (Lipinski definition) is 4. The molecule has 6 heteroatoms. The molecule has 1 aromatic rings. The third kappa shape index (κ3) is 3.58. The van der Waals surface area contributed by atoms with Crippen LogP contribution in [-0.2, 0) is 9.53 Å². The minimum Gasteiger partial charge on any atom is -0.478 e. The molecule has 0 radical (unpaired) electrons. The summed E-state index contributed by atoms with van der Waals surface area (Å²) in [6, 6.07) is -0.651. The Morgan fingerprint density at radius 1 is 1.47 bits per heavy atom. The molecular formula is C11H16N2O4. The van der Waals surface area contributed by atoms with Crippen molar-refractivity contribution in [3.05, 3.63) is 18.0 Å². The lowest BCUT2D eigenvalue weighted by atomic mass is 10.2. The van der Waals surface area contributed by atoms with Gasteiger partial charge in [-0.1, -0.05) is 0 Å². The van der Waals surface area contributed by atoms with Crippen molar-refractivity contribution in [2.24, 2.45) is 0 Å². The quantitative estimate of drug-likeness (QED) is 0.809. The van der Waals surface area contributed by atoms with Crippen molar-refractivity contribution in [1.29, 1.82) is 0 Å². The zero-order valence-corrected chi connectivity index (χ0v) is 10.3. The van der Waals surface area contributed by atoms with Crippen LogP contribution in [0, 0.1) is 0 Å². The van der Waals surface area contributed by atoms with Gasteiger partial charge in [-0.05, 0) is 27.7 Å². The Kier molecular flexibility index (Phi) is 3.55. The van der Waals surface area contributed by atoms with Gasteiger partial charge in [-0.25, -0.2) is 9.59 Å². The molecule has 1 N–H and O–H groups in total. The Hall–Kier alpha value is -1.85. The summed E-state index contributed by atoms with van der Waals surface area (Å²) in [5.41, 5.74) is -0.533. The minimum absolute atomic E-state index is 0.0420. The molecule has 0 saturated heterocycles. The van der Waals surface area contributed by atoms with Crippen LogP contribution in [-0.4, -0.2) is 32.4 Å². The fraction of sp³-hybridized carbons (Fsp3) is 0.545. The first kappa shape index (κ1) is 13.2. The smallest absolute Gasteiger partial charge is 0.338 e. The third-order valence-electron chi connectivity index (χ3n) is 1.99. The molecule has 94 valence electrons. The Bertz CT molecular complexity index is 431. The number of esters is 1. The van der Waals surface area contributed by atoms with Gasteiger partial charge in [-0.15, -0.1) is 0 Å². The van der Waals surface area contributed by atoms with Crippen LogP contribution in [0.3, 0.4) is 0 Å². The summed E-state index contributed by atoms with van der Waals surface area (Å²) in [7, 11) is 0. The second-order valence-electron chi connectivity index (χ2n) is 4.72. The van der Waals surface area contributed by atoms with E-state index in [2.05, 4.69) is 5.10 Å². The summed E-state index contributed by atoms with van der Waals surface area (Å²) in [5.74, 6) is -1.52. The van der Waals surface area contributed by atoms with Gasteiger partial charge in [0, 0.05) is 6.20 Å². The number of nitrogens with zero attached hydrogens (tertiary/aromatic N) is 2. The summed E-state index contributed by atoms with van der Waals surface area (Å²) in [6.45, 7) is 6.91. The average molecular weight is 240 g/mol. The average Bonchev–Trinajstić information content (AvgIpc) is 2.62. The van der Waals surface area contributed by atoms with Gasteiger partial charge in [-0.2, -0.15) is 5.10 Å². The van der Waals surface area contributed by atoms with Gasteiger partial charge in [0.2, 0.25) is 0 Å². The zero-order valence-electron chi connectivity index (χ0n) is 10.3. The first-order chi connectivity index (χ1) is 7.70. The van der Waals surface area contributed by atoms with E-state index in [0.29, 0.717) is 0 Å². The van der Waals surface area contributed by atoms with Crippen molar-refractivity contribution >= 4 is 11.9 Å². The first-order valence-corrected chi connectivity index (χ1v) is 5.21. The number of carbonyl (C=O) groups is 2. The van der Waals surface area contributed by atoms with Crippen LogP contribution < -0.4 is 0 Å². The second-order valence-corrected chi connectivity index (χ2v) is 4.72. The van der Waals surface area contributed by atoms with E-state index < -0.39 is 23.6 Å². The zero-order chi connectivity index (χ0) is 13.2. The Morgan fingerprint density at radius 2 is 2.06 bits per heavy atom. The van der Waals surface area contributed by atoms with Gasteiger partial charge >= 0.3 is 11.9 Å². The van der Waals surface area contributed by atoms with Gasteiger partial charge in [0.1, 0.15) is 11.6 Å². The summed E-state index contributed by atoms with van der Waals surface area (Å²) in [5, 5.41) is 12.6. The molecule has 0 spiro atoms. The van der Waals surface area contributed by atoms with E-state index in [1.807, 2.05) is 0 Å². The topological polar surface area (TPSA) is 81.4 Å². The molecule has 0 aliphatic rings. The third-order valence-corrected chi connectivity index (χ3v) is 1.99. The number of carboxylic acid groups (broad SMARTS) is 1. The Balaban J connectivity index is 2.78. The summed E-state index contributed by atoms with van der Waals surface area (Å²) < 4.78 is 6.45. The monoisotopic (exact) mass is 240 g/mol. The highest BCUT2D eigenvalue weighted by molar-refractivity contribution is 5.87. The maximum absolute atomic E-state index is 11.7. The number of carboxylic acids is 1. The molecular weight excluding hydrogens is 224 g/mol. The number of hydrogen-bond donors (Lipinski definition) is 1. The fourth-order valence-corrected chi connectivity index (χ4v) is 1.16. The fourth-order valence-electron chi connectivity index (χ4n) is 1.16. The molecule has 1 atom stereocenters. The van der Waals surface area contributed by atoms with E-state index in [9.17, 15) is 9.59 Å². The van der Waals surface area contributed by atoms with E-state index in [-0.39, 0.29) is 5.56 Å². The molecule has 1 heterocycles. The molecule has 0 saturated carbocycles. The van der Waals surface area contributed by atoms with Crippen molar-refractivity contribution in [2.45, 2.75) is 39.3 Å². The molecule has 1 aromatic heterocycles. The molecule has 0 amide bonds. The maximum Gasteiger partial charge on any atom is 0.338 e. The highest BCUT2D eigenvalue weighted by atomic mass is 16.6. The van der Waals surface area contributed by atoms with Crippen LogP contribution in [0.15, 0.2) is 12.4 Å². The van der Waals surface area contributed by atoms with Gasteiger partial charge in [0.15, 0.2) is 0 Å². The number of aromatic carboxylic acids is 1. The van der Waals surface area contributed by atoms with Gasteiger partial charge in [0.05, 0.1) is 11.8 Å². The van der Waals surface area contributed by atoms with Gasteiger partial charge < -0.3 is 9.84 Å². The summed E-state index contributed by atoms with van der Waals surface area (Å²) in [6.07, 6.45) is 2.50. The maximum atomic E-state index is 11.7. The molecule has 0 fully saturated rings. The predicted molar refractivity (Wildman–Crippen MR) is 59.7 cm³/mol. The van der Waals surface area contributed by atoms with Crippen LogP contribution in [0.2, 0.25) is 0 Å². The molecule has 0 bridgehead atoms. The van der Waals surface area contributed by atoms with E-state index >= 15 is 0 Å². The lowest BCUT2D eigenvalue weighted by Crippen LogP contribution is -2.29. The molecule has 17 heavy (non-hydrogen) atoms. The number of carbonyl (C=O) groups excluding carboxylic acids is 1. The molecule has 6 nitrogen and oxygen atoms in total. The van der Waals surface area contributed by atoms with Crippen LogP contribution in [0.1, 0.15) is 44.1 Å². The van der Waals surface area contributed by atoms with Crippen molar-refractivity contribution in [2.75, 3.05) is 0 Å². The van der Waals surface area contributed by atoms with E-state index in [0.717, 1.165) is 0 Å². The van der Waals surface area contributed by atoms with Crippen LogP contribution in [0.25, 0.3) is 0 Å².